The topological polar surface area (TPSA) is 64.8 Å². The van der Waals surface area contributed by atoms with Gasteiger partial charge in [0.25, 0.3) is 0 Å². The van der Waals surface area contributed by atoms with E-state index in [1.807, 2.05) is 18.2 Å². The molecule has 2 N–H and O–H groups in total. The van der Waals surface area contributed by atoms with E-state index in [1.54, 1.807) is 26.2 Å². The van der Waals surface area contributed by atoms with Crippen molar-refractivity contribution in [1.29, 1.82) is 0 Å². The number of carbonyl (C=O) groups is 1. The quantitative estimate of drug-likeness (QED) is 0.820. The number of amides is 1. The third kappa shape index (κ3) is 3.63. The molecule has 0 fully saturated rings. The molecule has 1 aromatic rings. The second-order valence-electron chi connectivity index (χ2n) is 3.97. The molecule has 0 spiro atoms. The molecule has 1 rings (SSSR count). The van der Waals surface area contributed by atoms with Crippen molar-refractivity contribution in [2.24, 2.45) is 5.73 Å². The number of ether oxygens (including phenoxy) is 2. The van der Waals surface area contributed by atoms with Gasteiger partial charge in [-0.2, -0.15) is 0 Å². The number of hydrogen-bond donors (Lipinski definition) is 1. The third-order valence-corrected chi connectivity index (χ3v) is 2.68. The maximum Gasteiger partial charge on any atom is 0.223 e. The summed E-state index contributed by atoms with van der Waals surface area (Å²) in [5.74, 6) is 1.50. The lowest BCUT2D eigenvalue weighted by Gasteiger charge is -2.19. The highest BCUT2D eigenvalue weighted by atomic mass is 16.5. The van der Waals surface area contributed by atoms with Crippen molar-refractivity contribution in [3.63, 3.8) is 0 Å². The van der Waals surface area contributed by atoms with E-state index in [4.69, 9.17) is 15.2 Å². The van der Waals surface area contributed by atoms with E-state index in [0.29, 0.717) is 19.5 Å². The molecule has 0 radical (unpaired) electrons. The molecule has 0 aliphatic carbocycles. The Morgan fingerprint density at radius 3 is 2.61 bits per heavy atom. The minimum absolute atomic E-state index is 0.0161. The Kier molecular flexibility index (Phi) is 5.45. The summed E-state index contributed by atoms with van der Waals surface area (Å²) in [6.07, 6.45) is 0.350. The van der Waals surface area contributed by atoms with Crippen LogP contribution in [0.5, 0.6) is 11.5 Å². The fraction of sp³-hybridized carbons (Fsp3) is 0.462. The van der Waals surface area contributed by atoms with Crippen molar-refractivity contribution < 1.29 is 14.3 Å². The van der Waals surface area contributed by atoms with Gasteiger partial charge in [0.2, 0.25) is 5.91 Å². The second-order valence-corrected chi connectivity index (χ2v) is 3.97. The Hall–Kier alpha value is -1.75. The zero-order chi connectivity index (χ0) is 13.5. The first-order chi connectivity index (χ1) is 8.62. The van der Waals surface area contributed by atoms with Crippen molar-refractivity contribution in [3.8, 4) is 11.5 Å². The Morgan fingerprint density at radius 1 is 1.33 bits per heavy atom. The highest BCUT2D eigenvalue weighted by Gasteiger charge is 2.12. The van der Waals surface area contributed by atoms with E-state index >= 15 is 0 Å². The fourth-order valence-electron chi connectivity index (χ4n) is 1.66. The second kappa shape index (κ2) is 6.86. The summed E-state index contributed by atoms with van der Waals surface area (Å²) < 4.78 is 10.4. The van der Waals surface area contributed by atoms with Crippen LogP contribution in [-0.4, -0.2) is 38.6 Å². The Bertz CT molecular complexity index is 407. The van der Waals surface area contributed by atoms with Crippen LogP contribution in [0, 0.1) is 0 Å². The smallest absolute Gasteiger partial charge is 0.223 e. The summed E-state index contributed by atoms with van der Waals surface area (Å²) >= 11 is 0. The van der Waals surface area contributed by atoms with Crippen LogP contribution < -0.4 is 15.2 Å². The number of benzene rings is 1. The highest BCUT2D eigenvalue weighted by Crippen LogP contribution is 2.25. The molecule has 100 valence electrons. The summed E-state index contributed by atoms with van der Waals surface area (Å²) in [7, 11) is 4.96. The van der Waals surface area contributed by atoms with Gasteiger partial charge in [-0.3, -0.25) is 4.79 Å². The fourth-order valence-corrected chi connectivity index (χ4v) is 1.66. The largest absolute Gasteiger partial charge is 0.497 e. The van der Waals surface area contributed by atoms with Crippen LogP contribution in [0.25, 0.3) is 0 Å². The van der Waals surface area contributed by atoms with Gasteiger partial charge in [-0.1, -0.05) is 0 Å². The monoisotopic (exact) mass is 252 g/mol. The van der Waals surface area contributed by atoms with Crippen molar-refractivity contribution in [3.05, 3.63) is 23.8 Å². The van der Waals surface area contributed by atoms with Gasteiger partial charge in [0.05, 0.1) is 14.2 Å². The SMILES string of the molecule is COc1ccc(OC)c(CN(C)C(=O)CCN)c1. The number of nitrogens with zero attached hydrogens (tertiary/aromatic N) is 1. The summed E-state index contributed by atoms with van der Waals surface area (Å²) in [5.41, 5.74) is 6.28. The molecule has 1 amide bonds. The van der Waals surface area contributed by atoms with Gasteiger partial charge in [0, 0.05) is 32.1 Å². The lowest BCUT2D eigenvalue weighted by Crippen LogP contribution is -2.28. The van der Waals surface area contributed by atoms with Crippen LogP contribution in [0.1, 0.15) is 12.0 Å². The van der Waals surface area contributed by atoms with Crippen molar-refractivity contribution >= 4 is 5.91 Å². The van der Waals surface area contributed by atoms with Crippen LogP contribution in [0.3, 0.4) is 0 Å². The molecular formula is C13H20N2O3. The van der Waals surface area contributed by atoms with Crippen LogP contribution in [0.15, 0.2) is 18.2 Å². The van der Waals surface area contributed by atoms with E-state index in [9.17, 15) is 4.79 Å². The van der Waals surface area contributed by atoms with Gasteiger partial charge in [0.1, 0.15) is 11.5 Å². The zero-order valence-corrected chi connectivity index (χ0v) is 11.1. The lowest BCUT2D eigenvalue weighted by atomic mass is 10.1. The van der Waals surface area contributed by atoms with Gasteiger partial charge in [-0.25, -0.2) is 0 Å². The number of rotatable bonds is 6. The van der Waals surface area contributed by atoms with Crippen molar-refractivity contribution in [2.45, 2.75) is 13.0 Å². The van der Waals surface area contributed by atoms with E-state index in [1.165, 1.54) is 0 Å². The average Bonchev–Trinajstić information content (AvgIpc) is 2.38. The molecule has 0 unspecified atom stereocenters. The third-order valence-electron chi connectivity index (χ3n) is 2.68. The van der Waals surface area contributed by atoms with Gasteiger partial charge in [-0.15, -0.1) is 0 Å². The van der Waals surface area contributed by atoms with Crippen LogP contribution in [0.4, 0.5) is 0 Å². The molecule has 0 saturated heterocycles. The van der Waals surface area contributed by atoms with Gasteiger partial charge >= 0.3 is 0 Å². The van der Waals surface area contributed by atoms with E-state index < -0.39 is 0 Å². The maximum atomic E-state index is 11.7. The summed E-state index contributed by atoms with van der Waals surface area (Å²) in [5, 5.41) is 0. The predicted octanol–water partition coefficient (Wildman–Crippen LogP) is 1.01. The van der Waals surface area contributed by atoms with Gasteiger partial charge < -0.3 is 20.1 Å². The van der Waals surface area contributed by atoms with Crippen molar-refractivity contribution in [2.75, 3.05) is 27.8 Å². The first-order valence-corrected chi connectivity index (χ1v) is 5.77. The zero-order valence-electron chi connectivity index (χ0n) is 11.1. The van der Waals surface area contributed by atoms with Crippen LogP contribution in [-0.2, 0) is 11.3 Å². The molecule has 18 heavy (non-hydrogen) atoms. The number of methoxy groups -OCH3 is 2. The normalized spacial score (nSPS) is 10.0. The molecule has 5 heteroatoms. The molecule has 1 aromatic carbocycles. The van der Waals surface area contributed by atoms with Crippen LogP contribution in [0.2, 0.25) is 0 Å². The Labute approximate surface area is 107 Å². The summed E-state index contributed by atoms with van der Waals surface area (Å²) in [6, 6.07) is 5.52. The molecular weight excluding hydrogens is 232 g/mol. The maximum absolute atomic E-state index is 11.7. The average molecular weight is 252 g/mol. The van der Waals surface area contributed by atoms with E-state index in [-0.39, 0.29) is 5.91 Å². The lowest BCUT2D eigenvalue weighted by molar-refractivity contribution is -0.130. The molecule has 0 atom stereocenters. The highest BCUT2D eigenvalue weighted by molar-refractivity contribution is 5.76. The Balaban J connectivity index is 2.84. The first-order valence-electron chi connectivity index (χ1n) is 5.77. The summed E-state index contributed by atoms with van der Waals surface area (Å²) in [4.78, 5) is 13.3. The summed E-state index contributed by atoms with van der Waals surface area (Å²) in [6.45, 7) is 0.831. The standard InChI is InChI=1S/C13H20N2O3/c1-15(13(16)6-7-14)9-10-8-11(17-2)4-5-12(10)18-3/h4-5,8H,6-7,9,14H2,1-3H3. The van der Waals surface area contributed by atoms with E-state index in [0.717, 1.165) is 17.1 Å². The molecule has 0 aliphatic heterocycles. The molecule has 0 aromatic heterocycles. The van der Waals surface area contributed by atoms with E-state index in [2.05, 4.69) is 0 Å². The minimum atomic E-state index is 0.0161. The molecule has 0 saturated carbocycles. The van der Waals surface area contributed by atoms with Crippen molar-refractivity contribution in [1.82, 2.24) is 4.90 Å². The Morgan fingerprint density at radius 2 is 2.06 bits per heavy atom. The molecule has 0 aliphatic rings. The number of carbonyl (C=O) groups excluding carboxylic acids is 1. The molecule has 0 bridgehead atoms. The number of nitrogens with two attached hydrogens (primary N) is 1. The number of hydrogen-bond acceptors (Lipinski definition) is 4. The van der Waals surface area contributed by atoms with Crippen LogP contribution >= 0.6 is 0 Å². The van der Waals surface area contributed by atoms with Gasteiger partial charge in [-0.05, 0) is 18.2 Å². The predicted molar refractivity (Wildman–Crippen MR) is 69.7 cm³/mol. The van der Waals surface area contributed by atoms with Gasteiger partial charge in [0.15, 0.2) is 0 Å². The minimum Gasteiger partial charge on any atom is -0.497 e. The first kappa shape index (κ1) is 14.3. The molecule has 0 heterocycles. The molecule has 5 nitrogen and oxygen atoms in total.